The van der Waals surface area contributed by atoms with Crippen molar-refractivity contribution in [3.8, 4) is 0 Å². The molecule has 1 aromatic heterocycles. The lowest BCUT2D eigenvalue weighted by molar-refractivity contribution is -0.115. The van der Waals surface area contributed by atoms with Crippen LogP contribution in [0, 0.1) is 0 Å². The molecule has 0 spiro atoms. The number of nitrogens with one attached hydrogen (secondary N) is 1. The summed E-state index contributed by atoms with van der Waals surface area (Å²) in [6, 6.07) is 19.4. The Hall–Kier alpha value is -3.08. The molecular formula is C22H26N4O. The second-order valence-corrected chi connectivity index (χ2v) is 7.77. The highest BCUT2D eigenvalue weighted by Gasteiger charge is 2.21. The summed E-state index contributed by atoms with van der Waals surface area (Å²) >= 11 is 0. The molecular weight excluding hydrogens is 336 g/mol. The number of aromatic nitrogens is 2. The van der Waals surface area contributed by atoms with Gasteiger partial charge in [-0.25, -0.2) is 4.68 Å². The Morgan fingerprint density at radius 3 is 2.33 bits per heavy atom. The molecule has 0 fully saturated rings. The maximum Gasteiger partial charge on any atom is 0.229 e. The highest BCUT2D eigenvalue weighted by atomic mass is 16.1. The van der Waals surface area contributed by atoms with Crippen LogP contribution in [0.15, 0.2) is 60.7 Å². The van der Waals surface area contributed by atoms with Crippen LogP contribution >= 0.6 is 0 Å². The normalized spacial score (nSPS) is 11.4. The molecule has 0 aliphatic heterocycles. The van der Waals surface area contributed by atoms with Crippen molar-refractivity contribution in [3.63, 3.8) is 0 Å². The zero-order valence-corrected chi connectivity index (χ0v) is 16.1. The van der Waals surface area contributed by atoms with E-state index in [1.54, 1.807) is 12.1 Å². The molecule has 0 bridgehead atoms. The molecule has 3 rings (SSSR count). The molecule has 3 N–H and O–H groups in total. The van der Waals surface area contributed by atoms with E-state index in [0.29, 0.717) is 24.5 Å². The number of carbonyl (C=O) groups is 1. The Bertz CT molecular complexity index is 906. The van der Waals surface area contributed by atoms with Crippen LogP contribution in [-0.2, 0) is 23.2 Å². The fourth-order valence-electron chi connectivity index (χ4n) is 2.77. The number of benzene rings is 2. The molecule has 0 radical (unpaired) electrons. The summed E-state index contributed by atoms with van der Waals surface area (Å²) in [6.07, 6.45) is 0.293. The Kier molecular flexibility index (Phi) is 5.31. The average molecular weight is 362 g/mol. The average Bonchev–Trinajstić information content (AvgIpc) is 3.01. The van der Waals surface area contributed by atoms with Crippen LogP contribution < -0.4 is 11.1 Å². The first-order valence-electron chi connectivity index (χ1n) is 9.08. The van der Waals surface area contributed by atoms with E-state index in [1.807, 2.05) is 41.1 Å². The molecule has 2 aromatic carbocycles. The first kappa shape index (κ1) is 18.7. The number of nitrogen functional groups attached to an aromatic ring is 1. The summed E-state index contributed by atoms with van der Waals surface area (Å²) in [5.41, 5.74) is 9.30. The van der Waals surface area contributed by atoms with Crippen LogP contribution in [-0.4, -0.2) is 15.7 Å². The van der Waals surface area contributed by atoms with Crippen molar-refractivity contribution in [3.05, 3.63) is 77.5 Å². The highest BCUT2D eigenvalue weighted by molar-refractivity contribution is 5.91. The molecule has 3 aromatic rings. The summed E-state index contributed by atoms with van der Waals surface area (Å²) < 4.78 is 1.86. The minimum atomic E-state index is -0.0988. The molecule has 140 valence electrons. The molecule has 0 aliphatic rings. The summed E-state index contributed by atoms with van der Waals surface area (Å²) in [6.45, 7) is 6.95. The second kappa shape index (κ2) is 7.66. The standard InChI is InChI=1S/C22H26N4O/c1-22(2,3)19-14-20(26(25-19)15-17-7-5-4-6-8-17)24-21(27)13-16-9-11-18(23)12-10-16/h4-12,14H,13,15,23H2,1-3H3,(H,24,27). The van der Waals surface area contributed by atoms with Gasteiger partial charge in [-0.1, -0.05) is 63.2 Å². The number of anilines is 2. The zero-order valence-electron chi connectivity index (χ0n) is 16.1. The van der Waals surface area contributed by atoms with E-state index in [9.17, 15) is 4.79 Å². The largest absolute Gasteiger partial charge is 0.399 e. The molecule has 27 heavy (non-hydrogen) atoms. The van der Waals surface area contributed by atoms with Gasteiger partial charge in [-0.15, -0.1) is 0 Å². The molecule has 1 heterocycles. The van der Waals surface area contributed by atoms with Gasteiger partial charge < -0.3 is 11.1 Å². The van der Waals surface area contributed by atoms with E-state index in [-0.39, 0.29) is 11.3 Å². The van der Waals surface area contributed by atoms with Crippen LogP contribution in [0.5, 0.6) is 0 Å². The predicted molar refractivity (Wildman–Crippen MR) is 110 cm³/mol. The van der Waals surface area contributed by atoms with E-state index >= 15 is 0 Å². The minimum Gasteiger partial charge on any atom is -0.399 e. The molecule has 1 amide bonds. The van der Waals surface area contributed by atoms with Crippen LogP contribution in [0.2, 0.25) is 0 Å². The molecule has 0 unspecified atom stereocenters. The fourth-order valence-corrected chi connectivity index (χ4v) is 2.77. The van der Waals surface area contributed by atoms with E-state index in [4.69, 9.17) is 10.8 Å². The Morgan fingerprint density at radius 1 is 1.04 bits per heavy atom. The van der Waals surface area contributed by atoms with Crippen molar-refractivity contribution in [1.29, 1.82) is 0 Å². The molecule has 5 nitrogen and oxygen atoms in total. The summed E-state index contributed by atoms with van der Waals surface area (Å²) in [4.78, 5) is 12.5. The number of nitrogens with two attached hydrogens (primary N) is 1. The lowest BCUT2D eigenvalue weighted by Gasteiger charge is -2.14. The van der Waals surface area contributed by atoms with Gasteiger partial charge in [0.25, 0.3) is 0 Å². The third-order valence-electron chi connectivity index (χ3n) is 4.34. The number of hydrogen-bond acceptors (Lipinski definition) is 3. The van der Waals surface area contributed by atoms with Crippen molar-refractivity contribution < 1.29 is 4.79 Å². The highest BCUT2D eigenvalue weighted by Crippen LogP contribution is 2.25. The molecule has 0 aliphatic carbocycles. The molecule has 0 saturated heterocycles. The lowest BCUT2D eigenvalue weighted by Crippen LogP contribution is -2.18. The van der Waals surface area contributed by atoms with Gasteiger partial charge in [-0.3, -0.25) is 4.79 Å². The first-order chi connectivity index (χ1) is 12.8. The number of carbonyl (C=O) groups excluding carboxylic acids is 1. The van der Waals surface area contributed by atoms with Gasteiger partial charge in [-0.2, -0.15) is 5.10 Å². The summed E-state index contributed by atoms with van der Waals surface area (Å²) in [5.74, 6) is 0.638. The number of rotatable bonds is 5. The maximum absolute atomic E-state index is 12.5. The molecule has 0 atom stereocenters. The third kappa shape index (κ3) is 4.97. The zero-order chi connectivity index (χ0) is 19.4. The Morgan fingerprint density at radius 2 is 1.70 bits per heavy atom. The van der Waals surface area contributed by atoms with Gasteiger partial charge in [0.1, 0.15) is 5.82 Å². The third-order valence-corrected chi connectivity index (χ3v) is 4.34. The summed E-state index contributed by atoms with van der Waals surface area (Å²) in [7, 11) is 0. The lowest BCUT2D eigenvalue weighted by atomic mass is 9.92. The molecule has 0 saturated carbocycles. The van der Waals surface area contributed by atoms with Crippen molar-refractivity contribution in [1.82, 2.24) is 9.78 Å². The quantitative estimate of drug-likeness (QED) is 0.674. The van der Waals surface area contributed by atoms with E-state index in [1.165, 1.54) is 0 Å². The van der Waals surface area contributed by atoms with Crippen LogP contribution in [0.4, 0.5) is 11.5 Å². The smallest absolute Gasteiger partial charge is 0.229 e. The number of amides is 1. The maximum atomic E-state index is 12.5. The van der Waals surface area contributed by atoms with Crippen molar-refractivity contribution >= 4 is 17.4 Å². The number of nitrogens with zero attached hydrogens (tertiary/aromatic N) is 2. The van der Waals surface area contributed by atoms with Crippen molar-refractivity contribution in [2.45, 2.75) is 39.2 Å². The Balaban J connectivity index is 1.80. The number of hydrogen-bond donors (Lipinski definition) is 2. The van der Waals surface area contributed by atoms with E-state index in [2.05, 4.69) is 38.2 Å². The van der Waals surface area contributed by atoms with E-state index in [0.717, 1.165) is 16.8 Å². The van der Waals surface area contributed by atoms with Crippen molar-refractivity contribution in [2.75, 3.05) is 11.1 Å². The molecule has 5 heteroatoms. The van der Waals surface area contributed by atoms with E-state index < -0.39 is 0 Å². The topological polar surface area (TPSA) is 72.9 Å². The van der Waals surface area contributed by atoms with Crippen LogP contribution in [0.3, 0.4) is 0 Å². The van der Waals surface area contributed by atoms with Gasteiger partial charge in [-0.05, 0) is 23.3 Å². The van der Waals surface area contributed by atoms with Gasteiger partial charge >= 0.3 is 0 Å². The minimum absolute atomic E-state index is 0.0746. The van der Waals surface area contributed by atoms with Gasteiger partial charge in [0.05, 0.1) is 18.7 Å². The first-order valence-corrected chi connectivity index (χ1v) is 9.08. The second-order valence-electron chi connectivity index (χ2n) is 7.77. The van der Waals surface area contributed by atoms with Crippen LogP contribution in [0.25, 0.3) is 0 Å². The van der Waals surface area contributed by atoms with Crippen molar-refractivity contribution in [2.24, 2.45) is 0 Å². The summed E-state index contributed by atoms with van der Waals surface area (Å²) in [5, 5.41) is 7.75. The fraction of sp³-hybridized carbons (Fsp3) is 0.273. The monoisotopic (exact) mass is 362 g/mol. The van der Waals surface area contributed by atoms with Crippen LogP contribution in [0.1, 0.15) is 37.6 Å². The SMILES string of the molecule is CC(C)(C)c1cc(NC(=O)Cc2ccc(N)cc2)n(Cc2ccccc2)n1. The van der Waals surface area contributed by atoms with Gasteiger partial charge in [0.15, 0.2) is 0 Å². The Labute approximate surface area is 160 Å². The van der Waals surface area contributed by atoms with Gasteiger partial charge in [0.2, 0.25) is 5.91 Å². The predicted octanol–water partition coefficient (Wildman–Crippen LogP) is 3.99. The van der Waals surface area contributed by atoms with Gasteiger partial charge in [0, 0.05) is 17.2 Å².